The Bertz CT molecular complexity index is 1130. The Morgan fingerprint density at radius 1 is 0.333 bits per heavy atom. The van der Waals surface area contributed by atoms with Crippen LogP contribution in [0.1, 0.15) is 329 Å². The van der Waals surface area contributed by atoms with Crippen LogP contribution in [0.2, 0.25) is 0 Å². The molecule has 0 rings (SSSR count). The van der Waals surface area contributed by atoms with Crippen LogP contribution in [-0.4, -0.2) is 55.5 Å². The van der Waals surface area contributed by atoms with Crippen molar-refractivity contribution in [1.82, 2.24) is 0 Å². The SMILES string of the molecule is CCCCCCCCCCCCCCCCCC(=O)OCC(COC(=O)CCCCCCCCCCCCCCCCC)OC(=O)CCCCCCCCCCCCCCCCC.O=S(=O)(O)OO. The van der Waals surface area contributed by atoms with E-state index >= 15 is 0 Å². The summed E-state index contributed by atoms with van der Waals surface area (Å²) < 4.78 is 44.8. The molecular weight excluding hydrogens is 893 g/mol. The van der Waals surface area contributed by atoms with Crippen LogP contribution in [0, 0.1) is 0 Å². The maximum absolute atomic E-state index is 12.8. The summed E-state index contributed by atoms with van der Waals surface area (Å²) in [6.45, 7) is 6.71. The number of carbonyl (C=O) groups is 3. The van der Waals surface area contributed by atoms with Gasteiger partial charge in [-0.3, -0.25) is 18.9 Å². The van der Waals surface area contributed by atoms with E-state index in [-0.39, 0.29) is 31.1 Å². The molecule has 0 spiro atoms. The number of hydrogen-bond donors (Lipinski definition) is 2. The highest BCUT2D eigenvalue weighted by molar-refractivity contribution is 7.80. The Morgan fingerprint density at radius 3 is 0.696 bits per heavy atom. The summed E-state index contributed by atoms with van der Waals surface area (Å²) in [5.74, 6) is -0.832. The van der Waals surface area contributed by atoms with E-state index in [1.54, 1.807) is 0 Å². The average molecular weight is 1010 g/mol. The van der Waals surface area contributed by atoms with Gasteiger partial charge in [-0.1, -0.05) is 295 Å². The lowest BCUT2D eigenvalue weighted by atomic mass is 10.0. The van der Waals surface area contributed by atoms with Gasteiger partial charge in [0.15, 0.2) is 6.10 Å². The highest BCUT2D eigenvalue weighted by Gasteiger charge is 2.19. The number of carbonyl (C=O) groups excluding carboxylic acids is 3. The topological polar surface area (TPSA) is 163 Å². The molecule has 12 heteroatoms. The summed E-state index contributed by atoms with van der Waals surface area (Å²) in [5.41, 5.74) is 0. The van der Waals surface area contributed by atoms with Crippen molar-refractivity contribution < 1.29 is 51.2 Å². The van der Waals surface area contributed by atoms with Gasteiger partial charge in [0.2, 0.25) is 0 Å². The van der Waals surface area contributed by atoms with Gasteiger partial charge in [0.05, 0.1) is 0 Å². The van der Waals surface area contributed by atoms with Gasteiger partial charge < -0.3 is 14.2 Å². The molecule has 0 aromatic rings. The summed E-state index contributed by atoms with van der Waals surface area (Å²) in [7, 11) is -4.61. The molecule has 0 aromatic heterocycles. The minimum atomic E-state index is -4.61. The van der Waals surface area contributed by atoms with Crippen LogP contribution in [0.15, 0.2) is 0 Å². The van der Waals surface area contributed by atoms with Gasteiger partial charge >= 0.3 is 28.3 Å². The molecule has 2 N–H and O–H groups in total. The van der Waals surface area contributed by atoms with Crippen molar-refractivity contribution in [3.8, 4) is 0 Å². The van der Waals surface area contributed by atoms with E-state index < -0.39 is 16.5 Å². The van der Waals surface area contributed by atoms with E-state index in [4.69, 9.17) is 32.4 Å². The second-order valence-electron chi connectivity index (χ2n) is 20.1. The first-order valence-corrected chi connectivity index (χ1v) is 30.8. The monoisotopic (exact) mass is 1000 g/mol. The average Bonchev–Trinajstić information content (AvgIpc) is 3.33. The van der Waals surface area contributed by atoms with Crippen LogP contribution >= 0.6 is 0 Å². The van der Waals surface area contributed by atoms with Crippen molar-refractivity contribution in [2.45, 2.75) is 335 Å². The highest BCUT2D eigenvalue weighted by atomic mass is 32.3. The zero-order valence-corrected chi connectivity index (χ0v) is 46.2. The number of rotatable bonds is 54. The first kappa shape index (κ1) is 69.3. The minimum absolute atomic E-state index is 0.0611. The number of hydrogen-bond acceptors (Lipinski definition) is 10. The molecule has 0 aliphatic rings. The summed E-state index contributed by atoms with van der Waals surface area (Å²) >= 11 is 0. The molecule has 0 aromatic carbocycles. The third kappa shape index (κ3) is 62.3. The van der Waals surface area contributed by atoms with E-state index in [9.17, 15) is 14.4 Å². The van der Waals surface area contributed by atoms with Crippen molar-refractivity contribution in [2.24, 2.45) is 0 Å². The minimum Gasteiger partial charge on any atom is -0.462 e. The Labute approximate surface area is 426 Å². The zero-order valence-electron chi connectivity index (χ0n) is 45.4. The predicted molar refractivity (Wildman–Crippen MR) is 286 cm³/mol. The maximum Gasteiger partial charge on any atom is 0.423 e. The lowest BCUT2D eigenvalue weighted by Gasteiger charge is -2.18. The lowest BCUT2D eigenvalue weighted by Crippen LogP contribution is -2.30. The fraction of sp³-hybridized carbons (Fsp3) is 0.947. The van der Waals surface area contributed by atoms with Crippen LogP contribution < -0.4 is 0 Å². The summed E-state index contributed by atoms with van der Waals surface area (Å²) in [5, 5.41) is 7.06. The van der Waals surface area contributed by atoms with Gasteiger partial charge in [0.25, 0.3) is 0 Å². The number of ether oxygens (including phenoxy) is 3. The van der Waals surface area contributed by atoms with Crippen molar-refractivity contribution in [1.29, 1.82) is 0 Å². The quantitative estimate of drug-likeness (QED) is 0.0149. The van der Waals surface area contributed by atoms with Crippen LogP contribution in [0.5, 0.6) is 0 Å². The number of esters is 3. The molecule has 0 saturated carbocycles. The molecule has 0 aliphatic carbocycles. The van der Waals surface area contributed by atoms with Gasteiger partial charge in [-0.05, 0) is 19.3 Å². The van der Waals surface area contributed by atoms with Crippen LogP contribution in [0.4, 0.5) is 0 Å². The predicted octanol–water partition coefficient (Wildman–Crippen LogP) is 18.0. The largest absolute Gasteiger partial charge is 0.462 e. The van der Waals surface area contributed by atoms with Crippen molar-refractivity contribution >= 4 is 28.3 Å². The second kappa shape index (κ2) is 57.1. The molecule has 0 fully saturated rings. The molecular formula is C57H112O11S. The van der Waals surface area contributed by atoms with Crippen molar-refractivity contribution in [3.05, 3.63) is 0 Å². The number of unbranched alkanes of at least 4 members (excludes halogenated alkanes) is 42. The first-order chi connectivity index (χ1) is 33.6. The standard InChI is InChI=1S/C57H110O6.H2O5S/c1-4-7-10-13-16-19-22-25-28-31-34-37-40-43-46-49-55(58)61-52-54(63-57(60)51-48-45-42-39-36-33-30-27-24-21-18-15-12-9-6-3)53-62-56(59)50-47-44-41-38-35-32-29-26-23-20-17-14-11-8-5-2;1-5-6(2,3)4/h54H,4-53H2,1-3H3;1H,(H,2,3,4). The van der Waals surface area contributed by atoms with E-state index in [1.807, 2.05) is 0 Å². The van der Waals surface area contributed by atoms with Gasteiger partial charge in [-0.25, -0.2) is 5.26 Å². The molecule has 69 heavy (non-hydrogen) atoms. The van der Waals surface area contributed by atoms with Crippen LogP contribution in [-0.2, 0) is 43.3 Å². The Morgan fingerprint density at radius 2 is 0.507 bits per heavy atom. The first-order valence-electron chi connectivity index (χ1n) is 29.4. The van der Waals surface area contributed by atoms with Crippen LogP contribution in [0.3, 0.4) is 0 Å². The fourth-order valence-corrected chi connectivity index (χ4v) is 8.80. The van der Waals surface area contributed by atoms with Gasteiger partial charge in [-0.15, -0.1) is 0 Å². The lowest BCUT2D eigenvalue weighted by molar-refractivity contribution is -0.167. The van der Waals surface area contributed by atoms with Crippen molar-refractivity contribution in [3.63, 3.8) is 0 Å². The van der Waals surface area contributed by atoms with Gasteiger partial charge in [0, 0.05) is 19.3 Å². The Hall–Kier alpha value is -1.76. The molecule has 0 saturated heterocycles. The second-order valence-corrected chi connectivity index (χ2v) is 21.1. The van der Waals surface area contributed by atoms with E-state index in [1.165, 1.54) is 231 Å². The fourth-order valence-electron chi connectivity index (χ4n) is 8.80. The molecule has 0 bridgehead atoms. The molecule has 0 amide bonds. The summed E-state index contributed by atoms with van der Waals surface area (Å²) in [6, 6.07) is 0. The Kier molecular flexibility index (Phi) is 57.4. The Balaban J connectivity index is 0. The summed E-state index contributed by atoms with van der Waals surface area (Å²) in [4.78, 5) is 38.1. The molecule has 0 heterocycles. The third-order valence-corrected chi connectivity index (χ3v) is 13.4. The zero-order chi connectivity index (χ0) is 51.0. The van der Waals surface area contributed by atoms with E-state index in [0.29, 0.717) is 19.3 Å². The van der Waals surface area contributed by atoms with Gasteiger partial charge in [-0.2, -0.15) is 8.42 Å². The molecule has 0 radical (unpaired) electrons. The molecule has 11 nitrogen and oxygen atoms in total. The van der Waals surface area contributed by atoms with E-state index in [0.717, 1.165) is 57.8 Å². The molecule has 412 valence electrons. The molecule has 0 aliphatic heterocycles. The molecule has 0 unspecified atom stereocenters. The maximum atomic E-state index is 12.8. The van der Waals surface area contributed by atoms with E-state index in [2.05, 4.69) is 25.1 Å². The smallest absolute Gasteiger partial charge is 0.423 e. The summed E-state index contributed by atoms with van der Waals surface area (Å²) in [6.07, 6.45) is 58.0. The highest BCUT2D eigenvalue weighted by Crippen LogP contribution is 2.18. The molecule has 0 atom stereocenters. The van der Waals surface area contributed by atoms with Crippen LogP contribution in [0.25, 0.3) is 0 Å². The van der Waals surface area contributed by atoms with Gasteiger partial charge in [0.1, 0.15) is 13.2 Å². The van der Waals surface area contributed by atoms with Crippen molar-refractivity contribution in [2.75, 3.05) is 13.2 Å². The third-order valence-electron chi connectivity index (χ3n) is 13.2. The normalized spacial score (nSPS) is 11.4.